The molecule has 1 saturated heterocycles. The average Bonchev–Trinajstić information content (AvgIpc) is 3.36. The number of pyridine rings is 1. The fourth-order valence-corrected chi connectivity index (χ4v) is 3.67. The van der Waals surface area contributed by atoms with Crippen LogP contribution in [-0.4, -0.2) is 38.5 Å². The van der Waals surface area contributed by atoms with E-state index in [-0.39, 0.29) is 6.10 Å². The Labute approximate surface area is 163 Å². The minimum atomic E-state index is 0.183. The van der Waals surface area contributed by atoms with Crippen molar-refractivity contribution in [3.63, 3.8) is 0 Å². The topological polar surface area (TPSA) is 53.6 Å². The molecule has 1 fully saturated rings. The van der Waals surface area contributed by atoms with Crippen molar-refractivity contribution in [2.45, 2.75) is 18.9 Å². The molecular formula is C22H22N4O2. The van der Waals surface area contributed by atoms with Gasteiger partial charge in [0.2, 0.25) is 0 Å². The van der Waals surface area contributed by atoms with E-state index in [1.165, 1.54) is 0 Å². The van der Waals surface area contributed by atoms with Gasteiger partial charge in [-0.25, -0.2) is 4.98 Å². The number of imidazole rings is 1. The summed E-state index contributed by atoms with van der Waals surface area (Å²) in [4.78, 5) is 4.58. The minimum absolute atomic E-state index is 0.183. The van der Waals surface area contributed by atoms with Crippen molar-refractivity contribution >= 4 is 5.65 Å². The van der Waals surface area contributed by atoms with Gasteiger partial charge in [-0.2, -0.15) is 5.10 Å². The first kappa shape index (κ1) is 17.0. The lowest BCUT2D eigenvalue weighted by molar-refractivity contribution is 0.0233. The van der Waals surface area contributed by atoms with Crippen LogP contribution in [0.2, 0.25) is 0 Å². The maximum absolute atomic E-state index is 6.32. The van der Waals surface area contributed by atoms with E-state index < -0.39 is 0 Å². The lowest BCUT2D eigenvalue weighted by Gasteiger charge is -2.24. The first-order valence-electron chi connectivity index (χ1n) is 9.58. The summed E-state index contributed by atoms with van der Waals surface area (Å²) in [6.07, 6.45) is 7.82. The number of aryl methyl sites for hydroxylation is 1. The van der Waals surface area contributed by atoms with E-state index in [1.807, 2.05) is 48.5 Å². The van der Waals surface area contributed by atoms with E-state index in [4.69, 9.17) is 9.47 Å². The Morgan fingerprint density at radius 3 is 2.50 bits per heavy atom. The third kappa shape index (κ3) is 3.16. The van der Waals surface area contributed by atoms with E-state index in [0.717, 1.165) is 60.0 Å². The summed E-state index contributed by atoms with van der Waals surface area (Å²) in [6.45, 7) is 1.51. The molecule has 1 aliphatic heterocycles. The van der Waals surface area contributed by atoms with Gasteiger partial charge >= 0.3 is 0 Å². The Bertz CT molecular complexity index is 1090. The molecule has 0 saturated carbocycles. The van der Waals surface area contributed by atoms with Gasteiger partial charge in [-0.05, 0) is 17.7 Å². The number of rotatable bonds is 4. The van der Waals surface area contributed by atoms with E-state index in [9.17, 15) is 0 Å². The van der Waals surface area contributed by atoms with E-state index >= 15 is 0 Å². The summed E-state index contributed by atoms with van der Waals surface area (Å²) in [7, 11) is 1.93. The van der Waals surface area contributed by atoms with Gasteiger partial charge in [0.25, 0.3) is 0 Å². The SMILES string of the molecule is Cn1cc(-c2ccc(-c3cnc4cccc(OC5CCOCC5)n34)cc2)cn1. The third-order valence-electron chi connectivity index (χ3n) is 5.17. The van der Waals surface area contributed by atoms with Crippen LogP contribution in [0.5, 0.6) is 5.88 Å². The van der Waals surface area contributed by atoms with Crippen molar-refractivity contribution in [3.8, 4) is 28.3 Å². The summed E-state index contributed by atoms with van der Waals surface area (Å²) in [5.41, 5.74) is 5.26. The van der Waals surface area contributed by atoms with Crippen molar-refractivity contribution in [1.29, 1.82) is 0 Å². The highest BCUT2D eigenvalue weighted by molar-refractivity contribution is 5.70. The number of aromatic nitrogens is 4. The molecular weight excluding hydrogens is 352 g/mol. The molecule has 3 aromatic heterocycles. The molecule has 6 heteroatoms. The van der Waals surface area contributed by atoms with E-state index in [0.29, 0.717) is 0 Å². The third-order valence-corrected chi connectivity index (χ3v) is 5.17. The highest BCUT2D eigenvalue weighted by Gasteiger charge is 2.18. The molecule has 28 heavy (non-hydrogen) atoms. The highest BCUT2D eigenvalue weighted by Crippen LogP contribution is 2.29. The molecule has 0 aliphatic carbocycles. The molecule has 142 valence electrons. The number of ether oxygens (including phenoxy) is 2. The smallest absolute Gasteiger partial charge is 0.200 e. The van der Waals surface area contributed by atoms with Crippen LogP contribution in [0, 0.1) is 0 Å². The normalized spacial score (nSPS) is 15.2. The number of nitrogens with zero attached hydrogens (tertiary/aromatic N) is 4. The van der Waals surface area contributed by atoms with Gasteiger partial charge in [-0.15, -0.1) is 0 Å². The van der Waals surface area contributed by atoms with Crippen LogP contribution < -0.4 is 4.74 Å². The quantitative estimate of drug-likeness (QED) is 0.543. The molecule has 4 aromatic rings. The summed E-state index contributed by atoms with van der Waals surface area (Å²) in [6, 6.07) is 14.5. The molecule has 1 aliphatic rings. The molecule has 6 nitrogen and oxygen atoms in total. The summed E-state index contributed by atoms with van der Waals surface area (Å²) in [5.74, 6) is 0.827. The van der Waals surface area contributed by atoms with Gasteiger partial charge in [0.05, 0.1) is 31.3 Å². The Hall–Kier alpha value is -3.12. The van der Waals surface area contributed by atoms with Gasteiger partial charge in [0.15, 0.2) is 5.88 Å². The monoisotopic (exact) mass is 374 g/mol. The average molecular weight is 374 g/mol. The molecule has 0 bridgehead atoms. The Balaban J connectivity index is 1.50. The number of hydrogen-bond acceptors (Lipinski definition) is 4. The Morgan fingerprint density at radius 1 is 0.964 bits per heavy atom. The number of benzene rings is 1. The van der Waals surface area contributed by atoms with Crippen molar-refractivity contribution in [2.75, 3.05) is 13.2 Å². The first-order valence-corrected chi connectivity index (χ1v) is 9.58. The second-order valence-electron chi connectivity index (χ2n) is 7.11. The zero-order chi connectivity index (χ0) is 18.9. The standard InChI is InChI=1S/C22H22N4O2/c1-25-15-18(13-24-25)16-5-7-17(8-6-16)20-14-23-21-3-2-4-22(26(20)21)28-19-9-11-27-12-10-19/h2-8,13-15,19H,9-12H2,1H3. The number of hydrogen-bond donors (Lipinski definition) is 0. The van der Waals surface area contributed by atoms with Crippen molar-refractivity contribution in [3.05, 3.63) is 61.1 Å². The van der Waals surface area contributed by atoms with Crippen LogP contribution in [0.1, 0.15) is 12.8 Å². The largest absolute Gasteiger partial charge is 0.475 e. The van der Waals surface area contributed by atoms with Crippen molar-refractivity contribution < 1.29 is 9.47 Å². The van der Waals surface area contributed by atoms with Crippen LogP contribution in [0.4, 0.5) is 0 Å². The highest BCUT2D eigenvalue weighted by atomic mass is 16.5. The van der Waals surface area contributed by atoms with Crippen LogP contribution in [0.25, 0.3) is 28.0 Å². The van der Waals surface area contributed by atoms with Crippen molar-refractivity contribution in [2.24, 2.45) is 7.05 Å². The number of fused-ring (bicyclic) bond motifs is 1. The zero-order valence-corrected chi connectivity index (χ0v) is 15.8. The predicted octanol–water partition coefficient (Wildman–Crippen LogP) is 3.96. The molecule has 0 unspecified atom stereocenters. The second kappa shape index (κ2) is 7.13. The molecule has 4 heterocycles. The van der Waals surface area contributed by atoms with Gasteiger partial charge in [-0.3, -0.25) is 9.08 Å². The zero-order valence-electron chi connectivity index (χ0n) is 15.8. The molecule has 0 amide bonds. The lowest BCUT2D eigenvalue weighted by Crippen LogP contribution is -2.26. The minimum Gasteiger partial charge on any atom is -0.475 e. The van der Waals surface area contributed by atoms with Crippen LogP contribution >= 0.6 is 0 Å². The molecule has 0 spiro atoms. The molecule has 0 atom stereocenters. The first-order chi connectivity index (χ1) is 13.8. The van der Waals surface area contributed by atoms with E-state index in [1.54, 1.807) is 0 Å². The fourth-order valence-electron chi connectivity index (χ4n) is 3.67. The molecule has 0 N–H and O–H groups in total. The predicted molar refractivity (Wildman–Crippen MR) is 107 cm³/mol. The van der Waals surface area contributed by atoms with Crippen LogP contribution in [0.15, 0.2) is 61.1 Å². The second-order valence-corrected chi connectivity index (χ2v) is 7.11. The maximum Gasteiger partial charge on any atom is 0.200 e. The lowest BCUT2D eigenvalue weighted by atomic mass is 10.1. The summed E-state index contributed by atoms with van der Waals surface area (Å²) >= 11 is 0. The molecule has 0 radical (unpaired) electrons. The Morgan fingerprint density at radius 2 is 1.75 bits per heavy atom. The maximum atomic E-state index is 6.32. The van der Waals surface area contributed by atoms with Gasteiger partial charge in [-0.1, -0.05) is 30.3 Å². The summed E-state index contributed by atoms with van der Waals surface area (Å²) < 4.78 is 15.7. The van der Waals surface area contributed by atoms with Gasteiger partial charge in [0, 0.05) is 37.2 Å². The van der Waals surface area contributed by atoms with Gasteiger partial charge < -0.3 is 9.47 Å². The van der Waals surface area contributed by atoms with Gasteiger partial charge in [0.1, 0.15) is 11.8 Å². The summed E-state index contributed by atoms with van der Waals surface area (Å²) in [5, 5.41) is 4.25. The van der Waals surface area contributed by atoms with Crippen molar-refractivity contribution in [1.82, 2.24) is 19.2 Å². The van der Waals surface area contributed by atoms with E-state index in [2.05, 4.69) is 38.7 Å². The Kier molecular flexibility index (Phi) is 4.33. The molecule has 5 rings (SSSR count). The molecule has 1 aromatic carbocycles. The van der Waals surface area contributed by atoms with Crippen LogP contribution in [0.3, 0.4) is 0 Å². The van der Waals surface area contributed by atoms with Crippen LogP contribution in [-0.2, 0) is 11.8 Å². The fraction of sp³-hybridized carbons (Fsp3) is 0.273.